The van der Waals surface area contributed by atoms with Gasteiger partial charge in [-0.2, -0.15) is 10.5 Å². The molecule has 0 spiro atoms. The lowest BCUT2D eigenvalue weighted by Crippen LogP contribution is -2.61. The van der Waals surface area contributed by atoms with Crippen molar-refractivity contribution in [3.05, 3.63) is 169 Å². The Morgan fingerprint density at radius 2 is 1.09 bits per heavy atom. The number of hydrogen-bond acceptors (Lipinski definition) is 4. The molecule has 0 bridgehead atoms. The van der Waals surface area contributed by atoms with E-state index in [0.29, 0.717) is 16.8 Å². The molecule has 2 aliphatic heterocycles. The van der Waals surface area contributed by atoms with Gasteiger partial charge in [0.1, 0.15) is 23.3 Å². The summed E-state index contributed by atoms with van der Waals surface area (Å²) < 4.78 is 6.98. The lowest BCUT2D eigenvalue weighted by Gasteiger charge is -2.41. The number of nitriles is 2. The molecule has 0 saturated carbocycles. The fourth-order valence-corrected chi connectivity index (χ4v) is 11.3. The summed E-state index contributed by atoms with van der Waals surface area (Å²) in [5, 5.41) is 30.4. The maximum absolute atomic E-state index is 11.8. The van der Waals surface area contributed by atoms with Crippen LogP contribution in [-0.4, -0.2) is 15.8 Å². The van der Waals surface area contributed by atoms with E-state index in [4.69, 9.17) is 0 Å². The second-order valence-electron chi connectivity index (χ2n) is 15.0. The predicted molar refractivity (Wildman–Crippen MR) is 237 cm³/mol. The highest BCUT2D eigenvalue weighted by Crippen LogP contribution is 2.48. The molecule has 0 N–H and O–H groups in total. The third kappa shape index (κ3) is 3.77. The molecule has 0 saturated heterocycles. The molecule has 0 aliphatic carbocycles. The van der Waals surface area contributed by atoms with E-state index in [0.717, 1.165) is 82.7 Å². The highest BCUT2D eigenvalue weighted by molar-refractivity contribution is 7.25. The molecular formula is C50H26BN5S. The summed E-state index contributed by atoms with van der Waals surface area (Å²) in [5.41, 5.74) is 12.5. The van der Waals surface area contributed by atoms with E-state index in [2.05, 4.69) is 178 Å². The summed E-state index contributed by atoms with van der Waals surface area (Å²) in [6, 6.07) is 61.1. The zero-order valence-corrected chi connectivity index (χ0v) is 31.0. The molecule has 3 aromatic heterocycles. The van der Waals surface area contributed by atoms with E-state index in [1.54, 1.807) is 11.3 Å². The Morgan fingerprint density at radius 3 is 1.89 bits per heavy atom. The molecule has 260 valence electrons. The third-order valence-electron chi connectivity index (χ3n) is 12.4. The minimum Gasteiger partial charge on any atom is -0.310 e. The summed E-state index contributed by atoms with van der Waals surface area (Å²) in [7, 11) is 0. The predicted octanol–water partition coefficient (Wildman–Crippen LogP) is 10.6. The number of benzene rings is 8. The van der Waals surface area contributed by atoms with Crippen molar-refractivity contribution >= 4 is 115 Å². The number of para-hydroxylation sites is 5. The zero-order valence-electron chi connectivity index (χ0n) is 30.2. The smallest absolute Gasteiger partial charge is 0.252 e. The molecule has 5 nitrogen and oxygen atoms in total. The molecule has 13 rings (SSSR count). The van der Waals surface area contributed by atoms with Crippen LogP contribution in [-0.2, 0) is 0 Å². The number of rotatable bonds is 2. The van der Waals surface area contributed by atoms with Crippen molar-refractivity contribution in [1.82, 2.24) is 9.13 Å². The molecular weight excluding hydrogens is 713 g/mol. The lowest BCUT2D eigenvalue weighted by atomic mass is 9.33. The third-order valence-corrected chi connectivity index (χ3v) is 13.5. The normalized spacial score (nSPS) is 12.8. The van der Waals surface area contributed by atoms with Gasteiger partial charge in [0.05, 0.1) is 33.6 Å². The van der Waals surface area contributed by atoms with Gasteiger partial charge in [0, 0.05) is 58.6 Å². The van der Waals surface area contributed by atoms with Crippen molar-refractivity contribution in [2.24, 2.45) is 0 Å². The Labute approximate surface area is 330 Å². The summed E-state index contributed by atoms with van der Waals surface area (Å²) in [6.07, 6.45) is 0. The standard InChI is InChI=1S/C50H26BN5S/c52-27-36-47(55-40-21-8-5-16-31(40)34-26-45-35(25-43(34)55)32-17-6-11-24-44(32)57-45)37(28-53)50-46-49(36)54(29-13-2-1-3-14-29)42-23-10-7-19-38(42)51(46)39-20-12-18-33-30-15-4-9-22-41(30)56(50)48(33)39/h1-26H. The van der Waals surface area contributed by atoms with Crippen LogP contribution in [0.4, 0.5) is 17.1 Å². The molecule has 7 heteroatoms. The maximum Gasteiger partial charge on any atom is 0.252 e. The molecule has 0 amide bonds. The minimum absolute atomic E-state index is 0.213. The van der Waals surface area contributed by atoms with Crippen LogP contribution in [0.15, 0.2) is 158 Å². The Morgan fingerprint density at radius 1 is 0.456 bits per heavy atom. The first-order valence-electron chi connectivity index (χ1n) is 19.1. The van der Waals surface area contributed by atoms with Crippen molar-refractivity contribution in [3.63, 3.8) is 0 Å². The van der Waals surface area contributed by atoms with E-state index in [1.807, 2.05) is 6.07 Å². The van der Waals surface area contributed by atoms with Crippen LogP contribution in [0.2, 0.25) is 0 Å². The van der Waals surface area contributed by atoms with Crippen molar-refractivity contribution in [1.29, 1.82) is 10.5 Å². The van der Waals surface area contributed by atoms with Crippen LogP contribution < -0.4 is 21.3 Å². The van der Waals surface area contributed by atoms with Gasteiger partial charge in [-0.05, 0) is 64.9 Å². The van der Waals surface area contributed by atoms with E-state index < -0.39 is 0 Å². The van der Waals surface area contributed by atoms with Gasteiger partial charge in [-0.3, -0.25) is 0 Å². The van der Waals surface area contributed by atoms with Crippen LogP contribution in [0, 0.1) is 22.7 Å². The van der Waals surface area contributed by atoms with E-state index in [9.17, 15) is 10.5 Å². The Bertz CT molecular complexity index is 3690. The number of anilines is 3. The molecule has 2 aliphatic rings. The van der Waals surface area contributed by atoms with Crippen molar-refractivity contribution in [2.45, 2.75) is 0 Å². The molecule has 0 fully saturated rings. The average Bonchev–Trinajstić information content (AvgIpc) is 3.91. The first kappa shape index (κ1) is 30.7. The van der Waals surface area contributed by atoms with Gasteiger partial charge in [0.25, 0.3) is 6.71 Å². The van der Waals surface area contributed by atoms with Crippen molar-refractivity contribution < 1.29 is 0 Å². The molecule has 0 atom stereocenters. The van der Waals surface area contributed by atoms with Crippen LogP contribution in [0.3, 0.4) is 0 Å². The van der Waals surface area contributed by atoms with E-state index >= 15 is 0 Å². The Kier molecular flexibility index (Phi) is 5.94. The second-order valence-corrected chi connectivity index (χ2v) is 16.1. The first-order chi connectivity index (χ1) is 28.2. The van der Waals surface area contributed by atoms with Gasteiger partial charge in [0.2, 0.25) is 0 Å². The van der Waals surface area contributed by atoms with Gasteiger partial charge in [-0.25, -0.2) is 0 Å². The number of nitrogens with zero attached hydrogens (tertiary/aromatic N) is 5. The summed E-state index contributed by atoms with van der Waals surface area (Å²) in [5.74, 6) is 0. The molecule has 8 aromatic carbocycles. The maximum atomic E-state index is 11.8. The van der Waals surface area contributed by atoms with E-state index in [-0.39, 0.29) is 6.71 Å². The van der Waals surface area contributed by atoms with Gasteiger partial charge < -0.3 is 14.0 Å². The molecule has 0 unspecified atom stereocenters. The van der Waals surface area contributed by atoms with Crippen LogP contribution in [0.25, 0.3) is 75.2 Å². The minimum atomic E-state index is -0.213. The lowest BCUT2D eigenvalue weighted by molar-refractivity contribution is 1.10. The summed E-state index contributed by atoms with van der Waals surface area (Å²) >= 11 is 1.80. The fourth-order valence-electron chi connectivity index (χ4n) is 10.2. The SMILES string of the molecule is N#Cc1c2c3c(c(C#N)c1-n1c4ccccc4c4cc5sc6ccccc6c5cc41)-n1c4ccccc4c4cccc(c41)B3c1ccccc1N2c1ccccc1. The second kappa shape index (κ2) is 11.0. The van der Waals surface area contributed by atoms with Gasteiger partial charge in [0.15, 0.2) is 0 Å². The van der Waals surface area contributed by atoms with Gasteiger partial charge in [-0.15, -0.1) is 11.3 Å². The van der Waals surface area contributed by atoms with Crippen LogP contribution >= 0.6 is 11.3 Å². The number of aromatic nitrogens is 2. The molecule has 11 aromatic rings. The highest BCUT2D eigenvalue weighted by atomic mass is 32.1. The van der Waals surface area contributed by atoms with Gasteiger partial charge >= 0.3 is 0 Å². The van der Waals surface area contributed by atoms with Crippen LogP contribution in [0.5, 0.6) is 0 Å². The highest BCUT2D eigenvalue weighted by Gasteiger charge is 2.46. The average molecular weight is 740 g/mol. The van der Waals surface area contributed by atoms with Crippen molar-refractivity contribution in [2.75, 3.05) is 4.90 Å². The zero-order chi connectivity index (χ0) is 37.5. The molecule has 57 heavy (non-hydrogen) atoms. The summed E-state index contributed by atoms with van der Waals surface area (Å²) in [4.78, 5) is 2.27. The van der Waals surface area contributed by atoms with E-state index in [1.165, 1.54) is 20.2 Å². The number of fused-ring (bicyclic) bond motifs is 13. The Balaban J connectivity index is 1.30. The number of hydrogen-bond donors (Lipinski definition) is 0. The topological polar surface area (TPSA) is 60.7 Å². The Hall–Kier alpha value is -7.58. The summed E-state index contributed by atoms with van der Waals surface area (Å²) in [6.45, 7) is -0.213. The monoisotopic (exact) mass is 739 g/mol. The molecule has 5 heterocycles. The fraction of sp³-hybridized carbons (Fsp3) is 0. The van der Waals surface area contributed by atoms with Crippen LogP contribution in [0.1, 0.15) is 11.1 Å². The number of thiophene rings is 1. The van der Waals surface area contributed by atoms with Gasteiger partial charge in [-0.1, -0.05) is 109 Å². The molecule has 0 radical (unpaired) electrons. The quantitative estimate of drug-likeness (QED) is 0.166. The largest absolute Gasteiger partial charge is 0.310 e. The van der Waals surface area contributed by atoms with Crippen molar-refractivity contribution in [3.8, 4) is 23.5 Å². The first-order valence-corrected chi connectivity index (χ1v) is 19.9.